The van der Waals surface area contributed by atoms with Gasteiger partial charge < -0.3 is 15.1 Å². The van der Waals surface area contributed by atoms with Crippen LogP contribution in [0.1, 0.15) is 22.8 Å². The molecule has 0 spiro atoms. The van der Waals surface area contributed by atoms with Gasteiger partial charge in [-0.1, -0.05) is 53.7 Å². The van der Waals surface area contributed by atoms with E-state index in [2.05, 4.69) is 15.6 Å². The van der Waals surface area contributed by atoms with Gasteiger partial charge in [0.05, 0.1) is 10.7 Å². The fourth-order valence-electron chi connectivity index (χ4n) is 3.00. The second kappa shape index (κ2) is 9.24. The first-order valence-corrected chi connectivity index (χ1v) is 10.8. The molecule has 8 heteroatoms. The quantitative estimate of drug-likeness (QED) is 0.352. The summed E-state index contributed by atoms with van der Waals surface area (Å²) in [6.45, 7) is 1.40. The van der Waals surface area contributed by atoms with Gasteiger partial charge in [-0.25, -0.2) is 4.98 Å². The Balaban J connectivity index is 1.47. The molecule has 2 N–H and O–H groups in total. The first kappa shape index (κ1) is 21.0. The van der Waals surface area contributed by atoms with E-state index in [1.54, 1.807) is 24.3 Å². The number of oxazole rings is 1. The lowest BCUT2D eigenvalue weighted by Crippen LogP contribution is -2.14. The summed E-state index contributed by atoms with van der Waals surface area (Å²) >= 11 is 7.63. The van der Waals surface area contributed by atoms with Crippen molar-refractivity contribution in [2.45, 2.75) is 17.9 Å². The molecule has 0 aliphatic rings. The molecule has 0 atom stereocenters. The summed E-state index contributed by atoms with van der Waals surface area (Å²) < 4.78 is 5.74. The summed E-state index contributed by atoms with van der Waals surface area (Å²) in [7, 11) is 0. The van der Waals surface area contributed by atoms with E-state index < -0.39 is 0 Å². The molecule has 1 heterocycles. The highest BCUT2D eigenvalue weighted by molar-refractivity contribution is 7.98. The van der Waals surface area contributed by atoms with Crippen molar-refractivity contribution in [1.82, 2.24) is 4.98 Å². The Hall–Kier alpha value is -3.29. The summed E-state index contributed by atoms with van der Waals surface area (Å²) in [5.74, 6) is 0.0553. The van der Waals surface area contributed by atoms with E-state index >= 15 is 0 Å². The van der Waals surface area contributed by atoms with Gasteiger partial charge >= 0.3 is 0 Å². The number of thioether (sulfide) groups is 1. The highest BCUT2D eigenvalue weighted by Crippen LogP contribution is 2.29. The van der Waals surface area contributed by atoms with Gasteiger partial charge in [0.1, 0.15) is 5.52 Å². The number of rotatable bonds is 6. The zero-order valence-corrected chi connectivity index (χ0v) is 18.1. The molecule has 156 valence electrons. The average Bonchev–Trinajstić information content (AvgIpc) is 3.17. The standard InChI is InChI=1S/C23H18ClN3O3S/c1-14(28)25-19-11-10-16(12-18(19)24)26-22(29)17-7-3-2-6-15(17)13-31-23-27-20-8-4-5-9-21(20)30-23/h2-12H,13H2,1H3,(H,25,28)(H,26,29). The van der Waals surface area contributed by atoms with Crippen molar-refractivity contribution in [2.24, 2.45) is 0 Å². The Labute approximate surface area is 188 Å². The number of para-hydroxylation sites is 2. The number of hydrogen-bond donors (Lipinski definition) is 2. The molecule has 0 radical (unpaired) electrons. The highest BCUT2D eigenvalue weighted by atomic mass is 35.5. The largest absolute Gasteiger partial charge is 0.431 e. The SMILES string of the molecule is CC(=O)Nc1ccc(NC(=O)c2ccccc2CSc2nc3ccccc3o2)cc1Cl. The maximum absolute atomic E-state index is 12.9. The molecule has 1 aromatic heterocycles. The summed E-state index contributed by atoms with van der Waals surface area (Å²) in [4.78, 5) is 28.6. The number of carbonyl (C=O) groups is 2. The molecule has 4 aromatic rings. The number of nitrogens with zero attached hydrogens (tertiary/aromatic N) is 1. The molecule has 2 amide bonds. The Bertz CT molecular complexity index is 1240. The van der Waals surface area contributed by atoms with E-state index in [4.69, 9.17) is 16.0 Å². The molecule has 0 aliphatic heterocycles. The second-order valence-corrected chi connectivity index (χ2v) is 8.06. The maximum Gasteiger partial charge on any atom is 0.257 e. The average molecular weight is 452 g/mol. The number of aromatic nitrogens is 1. The van der Waals surface area contributed by atoms with E-state index in [0.717, 1.165) is 16.7 Å². The van der Waals surface area contributed by atoms with Crippen molar-refractivity contribution in [3.63, 3.8) is 0 Å². The number of nitrogens with one attached hydrogen (secondary N) is 2. The van der Waals surface area contributed by atoms with Crippen molar-refractivity contribution in [3.8, 4) is 0 Å². The predicted octanol–water partition coefficient (Wildman–Crippen LogP) is 5.98. The lowest BCUT2D eigenvalue weighted by atomic mass is 10.1. The van der Waals surface area contributed by atoms with Crippen LogP contribution in [0.5, 0.6) is 0 Å². The van der Waals surface area contributed by atoms with Crippen LogP contribution >= 0.6 is 23.4 Å². The molecule has 3 aromatic carbocycles. The fourth-order valence-corrected chi connectivity index (χ4v) is 4.07. The number of fused-ring (bicyclic) bond motifs is 1. The van der Waals surface area contributed by atoms with Crippen LogP contribution in [0.2, 0.25) is 5.02 Å². The molecular formula is C23H18ClN3O3S. The van der Waals surface area contributed by atoms with E-state index in [9.17, 15) is 9.59 Å². The number of anilines is 2. The monoisotopic (exact) mass is 451 g/mol. The minimum absolute atomic E-state index is 0.218. The van der Waals surface area contributed by atoms with Crippen molar-refractivity contribution < 1.29 is 14.0 Å². The topological polar surface area (TPSA) is 84.2 Å². The van der Waals surface area contributed by atoms with E-state index in [1.165, 1.54) is 18.7 Å². The normalized spacial score (nSPS) is 10.8. The molecule has 0 saturated carbocycles. The summed E-state index contributed by atoms with van der Waals surface area (Å²) in [6.07, 6.45) is 0. The Morgan fingerprint density at radius 1 is 1.03 bits per heavy atom. The second-order valence-electron chi connectivity index (χ2n) is 6.72. The first-order chi connectivity index (χ1) is 15.0. The van der Waals surface area contributed by atoms with Gasteiger partial charge in [-0.2, -0.15) is 0 Å². The minimum atomic E-state index is -0.253. The van der Waals surface area contributed by atoms with Crippen molar-refractivity contribution in [2.75, 3.05) is 10.6 Å². The number of halogens is 1. The molecular weight excluding hydrogens is 434 g/mol. The Morgan fingerprint density at radius 2 is 1.81 bits per heavy atom. The summed E-state index contributed by atoms with van der Waals surface area (Å²) in [5, 5.41) is 6.38. The van der Waals surface area contributed by atoms with Crippen LogP contribution in [0, 0.1) is 0 Å². The molecule has 0 unspecified atom stereocenters. The van der Waals surface area contributed by atoms with Crippen LogP contribution in [0.3, 0.4) is 0 Å². The molecule has 4 rings (SSSR count). The maximum atomic E-state index is 12.9. The lowest BCUT2D eigenvalue weighted by molar-refractivity contribution is -0.114. The smallest absolute Gasteiger partial charge is 0.257 e. The van der Waals surface area contributed by atoms with E-state index in [1.807, 2.05) is 42.5 Å². The third-order valence-electron chi connectivity index (χ3n) is 4.43. The van der Waals surface area contributed by atoms with Crippen LogP contribution in [0.25, 0.3) is 11.1 Å². The van der Waals surface area contributed by atoms with Gasteiger partial charge in [0, 0.05) is 23.9 Å². The molecule has 0 aliphatic carbocycles. The highest BCUT2D eigenvalue weighted by Gasteiger charge is 2.14. The molecule has 0 saturated heterocycles. The first-order valence-electron chi connectivity index (χ1n) is 9.44. The van der Waals surface area contributed by atoms with Crippen LogP contribution in [-0.4, -0.2) is 16.8 Å². The zero-order valence-electron chi connectivity index (χ0n) is 16.5. The van der Waals surface area contributed by atoms with Crippen molar-refractivity contribution >= 4 is 57.7 Å². The van der Waals surface area contributed by atoms with Crippen LogP contribution in [0.15, 0.2) is 76.4 Å². The Morgan fingerprint density at radius 3 is 2.58 bits per heavy atom. The van der Waals surface area contributed by atoms with Crippen LogP contribution in [-0.2, 0) is 10.5 Å². The minimum Gasteiger partial charge on any atom is -0.431 e. The zero-order chi connectivity index (χ0) is 21.8. The molecule has 31 heavy (non-hydrogen) atoms. The third kappa shape index (κ3) is 5.07. The van der Waals surface area contributed by atoms with Crippen molar-refractivity contribution in [3.05, 3.63) is 82.9 Å². The number of amides is 2. The lowest BCUT2D eigenvalue weighted by Gasteiger charge is -2.11. The Kier molecular flexibility index (Phi) is 6.25. The van der Waals surface area contributed by atoms with Crippen molar-refractivity contribution in [1.29, 1.82) is 0 Å². The van der Waals surface area contributed by atoms with Crippen LogP contribution < -0.4 is 10.6 Å². The number of hydrogen-bond acceptors (Lipinski definition) is 5. The van der Waals surface area contributed by atoms with Gasteiger partial charge in [0.2, 0.25) is 5.91 Å². The van der Waals surface area contributed by atoms with Gasteiger partial charge in [-0.05, 0) is 42.0 Å². The molecule has 6 nitrogen and oxygen atoms in total. The number of benzene rings is 3. The van der Waals surface area contributed by atoms with Gasteiger partial charge in [0.25, 0.3) is 11.1 Å². The number of carbonyl (C=O) groups excluding carboxylic acids is 2. The molecule has 0 fully saturated rings. The summed E-state index contributed by atoms with van der Waals surface area (Å²) in [6, 6.07) is 19.9. The third-order valence-corrected chi connectivity index (χ3v) is 5.61. The van der Waals surface area contributed by atoms with Crippen LogP contribution in [0.4, 0.5) is 11.4 Å². The van der Waals surface area contributed by atoms with Gasteiger partial charge in [-0.3, -0.25) is 9.59 Å². The molecule has 0 bridgehead atoms. The predicted molar refractivity (Wildman–Crippen MR) is 124 cm³/mol. The fraction of sp³-hybridized carbons (Fsp3) is 0.0870. The van der Waals surface area contributed by atoms with Gasteiger partial charge in [0.15, 0.2) is 5.58 Å². The van der Waals surface area contributed by atoms with E-state index in [0.29, 0.717) is 32.9 Å². The van der Waals surface area contributed by atoms with E-state index in [-0.39, 0.29) is 11.8 Å². The van der Waals surface area contributed by atoms with Gasteiger partial charge in [-0.15, -0.1) is 0 Å². The summed E-state index contributed by atoms with van der Waals surface area (Å²) in [5.41, 5.74) is 3.96.